The van der Waals surface area contributed by atoms with E-state index in [-0.39, 0.29) is 24.4 Å². The molecule has 1 fully saturated rings. The Labute approximate surface area is 140 Å². The lowest BCUT2D eigenvalue weighted by Crippen LogP contribution is -2.44. The first-order valence-electron chi connectivity index (χ1n) is 7.80. The molecule has 2 unspecified atom stereocenters. The molecule has 1 aliphatic rings. The number of sulfonamides is 1. The predicted molar refractivity (Wildman–Crippen MR) is 92.8 cm³/mol. The Morgan fingerprint density at radius 1 is 1.32 bits per heavy atom. The number of hydrogen-bond acceptors (Lipinski definition) is 3. The average molecular weight is 347 g/mol. The van der Waals surface area contributed by atoms with Crippen LogP contribution in [0.25, 0.3) is 0 Å². The number of nitrogens with two attached hydrogens (primary N) is 1. The summed E-state index contributed by atoms with van der Waals surface area (Å²) in [6.07, 6.45) is 3.95. The Bertz CT molecular complexity index is 558. The van der Waals surface area contributed by atoms with Crippen LogP contribution in [0.1, 0.15) is 38.7 Å². The highest BCUT2D eigenvalue weighted by Crippen LogP contribution is 2.25. The molecule has 22 heavy (non-hydrogen) atoms. The Kier molecular flexibility index (Phi) is 7.32. The zero-order valence-electron chi connectivity index (χ0n) is 13.4. The van der Waals surface area contributed by atoms with E-state index in [1.54, 1.807) is 16.4 Å². The number of nitrogens with zero attached hydrogens (tertiary/aromatic N) is 1. The van der Waals surface area contributed by atoms with Crippen LogP contribution in [0, 0.1) is 5.92 Å². The summed E-state index contributed by atoms with van der Waals surface area (Å²) in [7, 11) is -3.38. The minimum atomic E-state index is -3.38. The zero-order chi connectivity index (χ0) is 15.5. The van der Waals surface area contributed by atoms with Gasteiger partial charge in [-0.25, -0.2) is 8.42 Å². The summed E-state index contributed by atoms with van der Waals surface area (Å²) in [5.41, 5.74) is 7.13. The van der Waals surface area contributed by atoms with E-state index in [0.717, 1.165) is 25.7 Å². The van der Waals surface area contributed by atoms with Crippen molar-refractivity contribution < 1.29 is 8.42 Å². The monoisotopic (exact) mass is 346 g/mol. The molecule has 0 aromatic heterocycles. The van der Waals surface area contributed by atoms with Crippen LogP contribution in [0.5, 0.6) is 0 Å². The van der Waals surface area contributed by atoms with Gasteiger partial charge in [-0.3, -0.25) is 0 Å². The fraction of sp³-hybridized carbons (Fsp3) is 0.625. The third-order valence-corrected chi connectivity index (χ3v) is 6.14. The lowest BCUT2D eigenvalue weighted by Gasteiger charge is -2.33. The van der Waals surface area contributed by atoms with Crippen LogP contribution >= 0.6 is 12.4 Å². The summed E-state index contributed by atoms with van der Waals surface area (Å²) in [4.78, 5) is 0.396. The van der Waals surface area contributed by atoms with Crippen LogP contribution in [-0.4, -0.2) is 31.9 Å². The molecule has 1 heterocycles. The fourth-order valence-corrected chi connectivity index (χ4v) is 4.42. The van der Waals surface area contributed by atoms with Gasteiger partial charge in [-0.15, -0.1) is 12.4 Å². The summed E-state index contributed by atoms with van der Waals surface area (Å²) >= 11 is 0. The van der Waals surface area contributed by atoms with Gasteiger partial charge in [-0.05, 0) is 49.8 Å². The smallest absolute Gasteiger partial charge is 0.243 e. The maximum atomic E-state index is 12.7. The van der Waals surface area contributed by atoms with Crippen LogP contribution in [-0.2, 0) is 16.4 Å². The normalized spacial score (nSPS) is 21.1. The van der Waals surface area contributed by atoms with Crippen molar-refractivity contribution in [1.29, 1.82) is 0 Å². The highest BCUT2D eigenvalue weighted by Gasteiger charge is 2.31. The van der Waals surface area contributed by atoms with Crippen molar-refractivity contribution in [3.8, 4) is 0 Å². The minimum Gasteiger partial charge on any atom is -0.328 e. The minimum absolute atomic E-state index is 0. The largest absolute Gasteiger partial charge is 0.328 e. The number of halogens is 1. The van der Waals surface area contributed by atoms with Gasteiger partial charge in [-0.2, -0.15) is 4.31 Å². The van der Waals surface area contributed by atoms with Gasteiger partial charge >= 0.3 is 0 Å². The lowest BCUT2D eigenvalue weighted by molar-refractivity contribution is 0.243. The molecule has 1 aromatic carbocycles. The molecule has 1 saturated heterocycles. The molecule has 0 spiro atoms. The Morgan fingerprint density at radius 2 is 1.95 bits per heavy atom. The second kappa shape index (κ2) is 8.29. The number of piperidine rings is 1. The van der Waals surface area contributed by atoms with Crippen molar-refractivity contribution in [3.05, 3.63) is 29.8 Å². The molecule has 2 N–H and O–H groups in total. The predicted octanol–water partition coefficient (Wildman–Crippen LogP) is 2.81. The van der Waals surface area contributed by atoms with Crippen LogP contribution in [0.3, 0.4) is 0 Å². The molecule has 2 atom stereocenters. The molecule has 6 heteroatoms. The maximum Gasteiger partial charge on any atom is 0.243 e. The summed E-state index contributed by atoms with van der Waals surface area (Å²) in [6.45, 7) is 5.21. The van der Waals surface area contributed by atoms with Crippen LogP contribution in [0.15, 0.2) is 29.2 Å². The van der Waals surface area contributed by atoms with Crippen molar-refractivity contribution >= 4 is 22.4 Å². The molecule has 0 saturated carbocycles. The fourth-order valence-electron chi connectivity index (χ4n) is 2.89. The number of hydrogen-bond donors (Lipinski definition) is 1. The molecule has 0 bridgehead atoms. The molecule has 1 aliphatic heterocycles. The highest BCUT2D eigenvalue weighted by molar-refractivity contribution is 7.89. The van der Waals surface area contributed by atoms with E-state index in [2.05, 4.69) is 6.92 Å². The van der Waals surface area contributed by atoms with Crippen molar-refractivity contribution in [1.82, 2.24) is 4.31 Å². The molecular formula is C16H27ClN2O2S. The van der Waals surface area contributed by atoms with E-state index in [4.69, 9.17) is 5.73 Å². The van der Waals surface area contributed by atoms with Crippen LogP contribution in [0.2, 0.25) is 0 Å². The van der Waals surface area contributed by atoms with Gasteiger partial charge in [0.25, 0.3) is 0 Å². The number of aryl methyl sites for hydroxylation is 1. The first-order valence-corrected chi connectivity index (χ1v) is 9.24. The Balaban J connectivity index is 0.00000242. The van der Waals surface area contributed by atoms with E-state index in [0.29, 0.717) is 18.0 Å². The van der Waals surface area contributed by atoms with E-state index >= 15 is 0 Å². The number of benzene rings is 1. The maximum absolute atomic E-state index is 12.7. The molecular weight excluding hydrogens is 320 g/mol. The van der Waals surface area contributed by atoms with Gasteiger partial charge in [0.15, 0.2) is 0 Å². The van der Waals surface area contributed by atoms with Gasteiger partial charge in [0, 0.05) is 19.1 Å². The average Bonchev–Trinajstić information content (AvgIpc) is 2.48. The van der Waals surface area contributed by atoms with Crippen LogP contribution < -0.4 is 5.73 Å². The van der Waals surface area contributed by atoms with Crippen molar-refractivity contribution in [2.45, 2.75) is 50.5 Å². The molecule has 126 valence electrons. The lowest BCUT2D eigenvalue weighted by atomic mass is 9.93. The summed E-state index contributed by atoms with van der Waals surface area (Å²) in [5, 5.41) is 0. The third kappa shape index (κ3) is 4.44. The molecule has 2 rings (SSSR count). The Hall–Kier alpha value is -0.620. The number of rotatable bonds is 5. The van der Waals surface area contributed by atoms with Crippen molar-refractivity contribution in [2.24, 2.45) is 11.7 Å². The van der Waals surface area contributed by atoms with E-state index < -0.39 is 10.0 Å². The zero-order valence-corrected chi connectivity index (χ0v) is 15.0. The summed E-state index contributed by atoms with van der Waals surface area (Å²) in [6, 6.07) is 7.34. The summed E-state index contributed by atoms with van der Waals surface area (Å²) in [5.74, 6) is 0.257. The standard InChI is InChI=1S/C16H26N2O2S.ClH/c1-3-5-14-7-9-16(10-8-14)21(19,20)18-11-4-6-15(12-18)13(2)17;/h7-10,13,15H,3-6,11-12,17H2,1-2H3;1H. The SMILES string of the molecule is CCCc1ccc(S(=O)(=O)N2CCCC(C(C)N)C2)cc1.Cl. The third-order valence-electron chi connectivity index (χ3n) is 4.26. The van der Waals surface area contributed by atoms with Crippen LogP contribution in [0.4, 0.5) is 0 Å². The quantitative estimate of drug-likeness (QED) is 0.891. The molecule has 1 aromatic rings. The van der Waals surface area contributed by atoms with Crippen molar-refractivity contribution in [2.75, 3.05) is 13.1 Å². The molecule has 0 radical (unpaired) electrons. The topological polar surface area (TPSA) is 63.4 Å². The van der Waals surface area contributed by atoms with Gasteiger partial charge in [0.2, 0.25) is 10.0 Å². The van der Waals surface area contributed by atoms with E-state index in [1.165, 1.54) is 5.56 Å². The van der Waals surface area contributed by atoms with Crippen molar-refractivity contribution in [3.63, 3.8) is 0 Å². The summed E-state index contributed by atoms with van der Waals surface area (Å²) < 4.78 is 27.0. The second-order valence-electron chi connectivity index (χ2n) is 6.02. The molecule has 4 nitrogen and oxygen atoms in total. The first-order chi connectivity index (χ1) is 9.95. The van der Waals surface area contributed by atoms with Gasteiger partial charge in [0.05, 0.1) is 4.90 Å². The van der Waals surface area contributed by atoms with Gasteiger partial charge < -0.3 is 5.73 Å². The Morgan fingerprint density at radius 3 is 2.50 bits per heavy atom. The first kappa shape index (κ1) is 19.4. The molecule has 0 amide bonds. The second-order valence-corrected chi connectivity index (χ2v) is 7.96. The van der Waals surface area contributed by atoms with E-state index in [1.807, 2.05) is 19.1 Å². The van der Waals surface area contributed by atoms with Gasteiger partial charge in [0.1, 0.15) is 0 Å². The van der Waals surface area contributed by atoms with E-state index in [9.17, 15) is 8.42 Å². The highest BCUT2D eigenvalue weighted by atomic mass is 35.5. The van der Waals surface area contributed by atoms with Gasteiger partial charge in [-0.1, -0.05) is 25.5 Å². The molecule has 0 aliphatic carbocycles.